The van der Waals surface area contributed by atoms with E-state index in [1.807, 2.05) is 0 Å². The third-order valence-corrected chi connectivity index (χ3v) is 1.63. The van der Waals surface area contributed by atoms with Crippen LogP contribution in [0.2, 0.25) is 0 Å². The zero-order chi connectivity index (χ0) is 9.14. The highest BCUT2D eigenvalue weighted by Gasteiger charge is 2.12. The van der Waals surface area contributed by atoms with Crippen molar-refractivity contribution >= 4 is 18.2 Å². The molecule has 0 aromatic carbocycles. The van der Waals surface area contributed by atoms with Gasteiger partial charge in [0.15, 0.2) is 4.77 Å². The lowest BCUT2D eigenvalue weighted by Gasteiger charge is -2.02. The molecule has 0 bridgehead atoms. The number of H-pyrrole nitrogens is 2. The fourth-order valence-electron chi connectivity index (χ4n) is 0.805. The van der Waals surface area contributed by atoms with Gasteiger partial charge in [-0.2, -0.15) is 0 Å². The molecule has 6 heteroatoms. The highest BCUT2D eigenvalue weighted by Crippen LogP contribution is 1.97. The van der Waals surface area contributed by atoms with Gasteiger partial charge in [-0.05, 0) is 12.2 Å². The topological polar surface area (TPSA) is 94.9 Å². The molecule has 5 nitrogen and oxygen atoms in total. The molecule has 0 aliphatic carbocycles. The summed E-state index contributed by atoms with van der Waals surface area (Å²) in [5, 5.41) is 8.47. The Labute approximate surface area is 73.6 Å². The normalized spacial score (nSPS) is 12.8. The van der Waals surface area contributed by atoms with Crippen LogP contribution in [0.15, 0.2) is 6.20 Å². The molecular formula is C6H9N3O2S. The fourth-order valence-corrected chi connectivity index (χ4v) is 0.995. The van der Waals surface area contributed by atoms with Crippen LogP contribution in [0.1, 0.15) is 5.69 Å². The number of aromatic amines is 2. The highest BCUT2D eigenvalue weighted by atomic mass is 32.1. The van der Waals surface area contributed by atoms with E-state index in [0.29, 0.717) is 10.5 Å². The largest absolute Gasteiger partial charge is 0.480 e. The van der Waals surface area contributed by atoms with Crippen molar-refractivity contribution in [3.8, 4) is 0 Å². The van der Waals surface area contributed by atoms with E-state index >= 15 is 0 Å². The molecule has 0 aliphatic heterocycles. The minimum Gasteiger partial charge on any atom is -0.480 e. The van der Waals surface area contributed by atoms with Crippen molar-refractivity contribution in [3.63, 3.8) is 0 Å². The Morgan fingerprint density at radius 3 is 2.92 bits per heavy atom. The maximum atomic E-state index is 10.3. The maximum Gasteiger partial charge on any atom is 0.320 e. The van der Waals surface area contributed by atoms with Crippen LogP contribution in [0.5, 0.6) is 0 Å². The molecule has 1 aromatic heterocycles. The van der Waals surface area contributed by atoms with Gasteiger partial charge in [0.25, 0.3) is 0 Å². The Balaban J connectivity index is 2.64. The van der Waals surface area contributed by atoms with Crippen molar-refractivity contribution in [1.82, 2.24) is 9.97 Å². The van der Waals surface area contributed by atoms with Gasteiger partial charge in [-0.15, -0.1) is 0 Å². The first-order valence-corrected chi connectivity index (χ1v) is 3.75. The molecule has 1 rings (SSSR count). The molecule has 5 N–H and O–H groups in total. The van der Waals surface area contributed by atoms with E-state index in [1.165, 1.54) is 0 Å². The summed E-state index contributed by atoms with van der Waals surface area (Å²) in [7, 11) is 0. The number of carboxylic acid groups (broad SMARTS) is 1. The molecular weight excluding hydrogens is 178 g/mol. The van der Waals surface area contributed by atoms with E-state index < -0.39 is 12.0 Å². The van der Waals surface area contributed by atoms with Gasteiger partial charge in [0.2, 0.25) is 0 Å². The van der Waals surface area contributed by atoms with E-state index in [4.69, 9.17) is 23.1 Å². The van der Waals surface area contributed by atoms with Crippen LogP contribution in [-0.4, -0.2) is 27.1 Å². The van der Waals surface area contributed by atoms with E-state index in [2.05, 4.69) is 9.97 Å². The standard InChI is InChI=1S/C6H9N3O2S/c7-4(5(10)11)1-3-2-8-6(12)9-3/h2,4H,1,7H2,(H,10,11)(H2,8,9,12)/t4-/m0/s1. The second-order valence-corrected chi connectivity index (χ2v) is 2.83. The second kappa shape index (κ2) is 3.51. The Morgan fingerprint density at radius 1 is 1.83 bits per heavy atom. The SMILES string of the molecule is N[C@@H](Cc1c[nH]c(=S)[nH]1)C(=O)O. The van der Waals surface area contributed by atoms with E-state index in [0.717, 1.165) is 0 Å². The predicted molar refractivity (Wildman–Crippen MR) is 45.3 cm³/mol. The monoisotopic (exact) mass is 187 g/mol. The van der Waals surface area contributed by atoms with Crippen LogP contribution in [0, 0.1) is 4.77 Å². The molecule has 0 amide bonds. The smallest absolute Gasteiger partial charge is 0.320 e. The van der Waals surface area contributed by atoms with Crippen molar-refractivity contribution in [2.24, 2.45) is 5.73 Å². The number of aliphatic carboxylic acids is 1. The van der Waals surface area contributed by atoms with E-state index in [1.54, 1.807) is 6.20 Å². The molecule has 0 aliphatic rings. The molecule has 0 radical (unpaired) electrons. The Morgan fingerprint density at radius 2 is 2.50 bits per heavy atom. The number of imidazole rings is 1. The van der Waals surface area contributed by atoms with Crippen LogP contribution in [-0.2, 0) is 11.2 Å². The minimum atomic E-state index is -1.02. The molecule has 0 saturated heterocycles. The molecule has 1 aromatic rings. The number of nitrogens with two attached hydrogens (primary N) is 1. The van der Waals surface area contributed by atoms with E-state index in [9.17, 15) is 4.79 Å². The lowest BCUT2D eigenvalue weighted by Crippen LogP contribution is -2.32. The lowest BCUT2D eigenvalue weighted by atomic mass is 10.2. The number of hydrogen-bond acceptors (Lipinski definition) is 3. The summed E-state index contributed by atoms with van der Waals surface area (Å²) in [6.45, 7) is 0. The van der Waals surface area contributed by atoms with Crippen molar-refractivity contribution in [3.05, 3.63) is 16.7 Å². The highest BCUT2D eigenvalue weighted by molar-refractivity contribution is 7.71. The molecule has 0 fully saturated rings. The fraction of sp³-hybridized carbons (Fsp3) is 0.333. The number of rotatable bonds is 3. The van der Waals surface area contributed by atoms with Crippen molar-refractivity contribution in [1.29, 1.82) is 0 Å². The van der Waals surface area contributed by atoms with Gasteiger partial charge in [0.05, 0.1) is 0 Å². The van der Waals surface area contributed by atoms with E-state index in [-0.39, 0.29) is 6.42 Å². The third-order valence-electron chi connectivity index (χ3n) is 1.41. The van der Waals surface area contributed by atoms with Crippen molar-refractivity contribution in [2.45, 2.75) is 12.5 Å². The Kier molecular flexibility index (Phi) is 2.61. The summed E-state index contributed by atoms with van der Waals surface area (Å²) in [6, 6.07) is -0.883. The number of nitrogens with one attached hydrogen (secondary N) is 2. The summed E-state index contributed by atoms with van der Waals surface area (Å²) in [5.74, 6) is -1.02. The van der Waals surface area contributed by atoms with Gasteiger partial charge in [-0.3, -0.25) is 4.79 Å². The average molecular weight is 187 g/mol. The number of carboxylic acids is 1. The third kappa shape index (κ3) is 2.18. The maximum absolute atomic E-state index is 10.3. The molecule has 1 heterocycles. The lowest BCUT2D eigenvalue weighted by molar-refractivity contribution is -0.138. The summed E-state index contributed by atoms with van der Waals surface area (Å²) in [6.07, 6.45) is 1.87. The minimum absolute atomic E-state index is 0.252. The first-order chi connectivity index (χ1) is 5.59. The molecule has 0 saturated carbocycles. The Hall–Kier alpha value is -1.14. The first-order valence-electron chi connectivity index (χ1n) is 3.34. The Bertz CT molecular complexity index is 330. The number of carbonyl (C=O) groups is 1. The number of aromatic nitrogens is 2. The zero-order valence-corrected chi connectivity index (χ0v) is 7.02. The van der Waals surface area contributed by atoms with Crippen LogP contribution in [0.4, 0.5) is 0 Å². The molecule has 66 valence electrons. The van der Waals surface area contributed by atoms with Gasteiger partial charge in [0, 0.05) is 18.3 Å². The number of hydrogen-bond donors (Lipinski definition) is 4. The van der Waals surface area contributed by atoms with Gasteiger partial charge < -0.3 is 20.8 Å². The quantitative estimate of drug-likeness (QED) is 0.502. The molecule has 0 unspecified atom stereocenters. The van der Waals surface area contributed by atoms with Gasteiger partial charge in [-0.25, -0.2) is 0 Å². The van der Waals surface area contributed by atoms with Crippen LogP contribution in [0.3, 0.4) is 0 Å². The second-order valence-electron chi connectivity index (χ2n) is 2.42. The van der Waals surface area contributed by atoms with Crippen molar-refractivity contribution < 1.29 is 9.90 Å². The zero-order valence-electron chi connectivity index (χ0n) is 6.20. The van der Waals surface area contributed by atoms with Crippen LogP contribution in [0.25, 0.3) is 0 Å². The van der Waals surface area contributed by atoms with Gasteiger partial charge >= 0.3 is 5.97 Å². The van der Waals surface area contributed by atoms with Crippen LogP contribution >= 0.6 is 12.2 Å². The van der Waals surface area contributed by atoms with Crippen molar-refractivity contribution in [2.75, 3.05) is 0 Å². The summed E-state index contributed by atoms with van der Waals surface area (Å²) in [4.78, 5) is 15.8. The predicted octanol–water partition coefficient (Wildman–Crippen LogP) is 0.0267. The summed E-state index contributed by atoms with van der Waals surface area (Å²) >= 11 is 4.75. The first kappa shape index (κ1) is 8.95. The molecule has 1 atom stereocenters. The molecule has 12 heavy (non-hydrogen) atoms. The summed E-state index contributed by atoms with van der Waals surface area (Å²) < 4.78 is 0.475. The van der Waals surface area contributed by atoms with Gasteiger partial charge in [-0.1, -0.05) is 0 Å². The van der Waals surface area contributed by atoms with Crippen LogP contribution < -0.4 is 5.73 Å². The summed E-state index contributed by atoms with van der Waals surface area (Å²) in [5.41, 5.74) is 5.99. The molecule has 0 spiro atoms. The van der Waals surface area contributed by atoms with Gasteiger partial charge in [0.1, 0.15) is 6.04 Å². The average Bonchev–Trinajstić information content (AvgIpc) is 2.35.